The van der Waals surface area contributed by atoms with E-state index in [9.17, 15) is 30.0 Å². The van der Waals surface area contributed by atoms with Gasteiger partial charge in [0.1, 0.15) is 6.54 Å². The Kier molecular flexibility index (Phi) is 26.4. The Morgan fingerprint density at radius 3 is 1.50 bits per heavy atom. The molecule has 1 aliphatic heterocycles. The smallest absolute Gasteiger partial charge is 0.222 e. The van der Waals surface area contributed by atoms with Gasteiger partial charge in [0, 0.05) is 121 Å². The van der Waals surface area contributed by atoms with Crippen LogP contribution in [0.5, 0.6) is 0 Å². The van der Waals surface area contributed by atoms with E-state index in [1.165, 1.54) is 5.57 Å². The van der Waals surface area contributed by atoms with Crippen molar-refractivity contribution in [1.82, 2.24) is 14.7 Å². The molecule has 1 aliphatic rings. The summed E-state index contributed by atoms with van der Waals surface area (Å²) >= 11 is 0. The quantitative estimate of drug-likeness (QED) is 0.0299. The van der Waals surface area contributed by atoms with E-state index in [0.29, 0.717) is 39.0 Å². The molecule has 0 aliphatic carbocycles. The molecule has 0 saturated carbocycles. The average molecular weight is 944 g/mol. The highest BCUT2D eigenvalue weighted by Crippen LogP contribution is 2.24. The zero-order chi connectivity index (χ0) is 47.2. The monoisotopic (exact) mass is 944 g/mol. The van der Waals surface area contributed by atoms with Gasteiger partial charge in [-0.1, -0.05) is 76.2 Å². The number of nitrogens with zero attached hydrogens (tertiary/aromatic N) is 6. The summed E-state index contributed by atoms with van der Waals surface area (Å²) in [6.07, 6.45) is 25.9. The molecule has 0 spiro atoms. The first kappa shape index (κ1) is 54.0. The molecular formula is C52H75N6O6S2+. The van der Waals surface area contributed by atoms with Crippen LogP contribution in [0.2, 0.25) is 0 Å². The van der Waals surface area contributed by atoms with Crippen molar-refractivity contribution in [3.63, 3.8) is 0 Å². The van der Waals surface area contributed by atoms with Crippen molar-refractivity contribution in [2.24, 2.45) is 0 Å². The number of aliphatic hydroxyl groups is 4. The first-order valence-electron chi connectivity index (χ1n) is 23.6. The lowest BCUT2D eigenvalue weighted by Crippen LogP contribution is -2.33. The molecule has 2 amide bonds. The molecule has 4 rings (SSSR count). The van der Waals surface area contributed by atoms with Crippen LogP contribution >= 0.6 is 21.6 Å². The standard InChI is InChI=1S/C52H75N6O6S2/c1-53(27-3-5-29-55-31-23-47(24-32-55)13-11-45-15-19-49(20-16-45)57(35-39-59)36-40-60)51(63)9-7-43-65-66-44-8-10-52(64)54(2)28-4-6-30-56-33-25-48(26-34-56)14-12-46-17-21-50(22-18-46)58(37-41-61)38-42-62/h11-26,31-33,59-62H,3-10,27-30,34-44H2,1-2H3/q+1/b14-12+. The van der Waals surface area contributed by atoms with Crippen LogP contribution in [0.3, 0.4) is 0 Å². The van der Waals surface area contributed by atoms with Crippen molar-refractivity contribution >= 4 is 63.0 Å². The molecule has 0 saturated heterocycles. The maximum atomic E-state index is 12.7. The Morgan fingerprint density at radius 1 is 0.591 bits per heavy atom. The van der Waals surface area contributed by atoms with Gasteiger partial charge in [-0.2, -0.15) is 0 Å². The Balaban J connectivity index is 0.960. The van der Waals surface area contributed by atoms with Crippen molar-refractivity contribution in [3.05, 3.63) is 120 Å². The molecule has 14 heteroatoms. The Morgan fingerprint density at radius 2 is 1.05 bits per heavy atom. The van der Waals surface area contributed by atoms with Gasteiger partial charge in [0.25, 0.3) is 0 Å². The number of carbonyl (C=O) groups excluding carboxylic acids is 2. The van der Waals surface area contributed by atoms with E-state index in [-0.39, 0.29) is 38.2 Å². The van der Waals surface area contributed by atoms with E-state index in [1.807, 2.05) is 82.2 Å². The molecule has 0 radical (unpaired) electrons. The molecule has 360 valence electrons. The van der Waals surface area contributed by atoms with Gasteiger partial charge in [-0.05, 0) is 90.9 Å². The van der Waals surface area contributed by atoms with Gasteiger partial charge >= 0.3 is 0 Å². The predicted molar refractivity (Wildman–Crippen MR) is 276 cm³/mol. The summed E-state index contributed by atoms with van der Waals surface area (Å²) in [5.74, 6) is 2.26. The number of hydrogen-bond acceptors (Lipinski definition) is 11. The number of rotatable bonds is 33. The summed E-state index contributed by atoms with van der Waals surface area (Å²) in [5.41, 5.74) is 6.43. The van der Waals surface area contributed by atoms with Gasteiger partial charge in [0.2, 0.25) is 11.8 Å². The normalized spacial score (nSPS) is 12.6. The van der Waals surface area contributed by atoms with Crippen LogP contribution in [0.1, 0.15) is 68.1 Å². The van der Waals surface area contributed by atoms with Crippen molar-refractivity contribution < 1.29 is 34.6 Å². The molecule has 3 aromatic rings. The third-order valence-electron chi connectivity index (χ3n) is 11.4. The van der Waals surface area contributed by atoms with Crippen molar-refractivity contribution in [1.29, 1.82) is 0 Å². The van der Waals surface area contributed by atoms with Gasteiger partial charge < -0.3 is 44.9 Å². The van der Waals surface area contributed by atoms with E-state index in [0.717, 1.165) is 111 Å². The number of hydrogen-bond donors (Lipinski definition) is 4. The number of allylic oxidation sites excluding steroid dienone is 3. The van der Waals surface area contributed by atoms with E-state index >= 15 is 0 Å². The van der Waals surface area contributed by atoms with Crippen LogP contribution in [0.25, 0.3) is 18.2 Å². The summed E-state index contributed by atoms with van der Waals surface area (Å²) in [4.78, 5) is 35.4. The van der Waals surface area contributed by atoms with Crippen LogP contribution in [0.15, 0.2) is 103 Å². The molecule has 1 aromatic heterocycles. The number of carbonyl (C=O) groups is 2. The minimum absolute atomic E-state index is 0.0447. The molecule has 66 heavy (non-hydrogen) atoms. The van der Waals surface area contributed by atoms with Crippen molar-refractivity contribution in [3.8, 4) is 0 Å². The molecule has 4 N–H and O–H groups in total. The summed E-state index contributed by atoms with van der Waals surface area (Å²) in [6, 6.07) is 20.4. The second kappa shape index (κ2) is 32.2. The first-order chi connectivity index (χ1) is 32.2. The number of unbranched alkanes of at least 4 members (excludes halogenated alkanes) is 2. The van der Waals surface area contributed by atoms with E-state index in [2.05, 4.69) is 76.6 Å². The lowest BCUT2D eigenvalue weighted by atomic mass is 10.1. The van der Waals surface area contributed by atoms with Crippen LogP contribution in [0, 0.1) is 0 Å². The maximum Gasteiger partial charge on any atom is 0.222 e. The van der Waals surface area contributed by atoms with Gasteiger partial charge in [0.15, 0.2) is 12.4 Å². The van der Waals surface area contributed by atoms with Crippen LogP contribution in [-0.4, -0.2) is 151 Å². The molecule has 0 atom stereocenters. The fourth-order valence-electron chi connectivity index (χ4n) is 7.38. The molecule has 2 aromatic carbocycles. The molecule has 0 bridgehead atoms. The third kappa shape index (κ3) is 20.9. The molecule has 12 nitrogen and oxygen atoms in total. The third-order valence-corrected chi connectivity index (χ3v) is 14.0. The largest absolute Gasteiger partial charge is 0.395 e. The maximum absolute atomic E-state index is 12.7. The zero-order valence-corrected chi connectivity index (χ0v) is 41.0. The Bertz CT molecular complexity index is 1930. The Labute approximate surface area is 402 Å². The van der Waals surface area contributed by atoms with Crippen LogP contribution < -0.4 is 14.4 Å². The summed E-state index contributed by atoms with van der Waals surface area (Å²) in [5, 5.41) is 37.2. The second-order valence-electron chi connectivity index (χ2n) is 16.5. The molecule has 0 unspecified atom stereocenters. The van der Waals surface area contributed by atoms with Gasteiger partial charge in [-0.15, -0.1) is 0 Å². The van der Waals surface area contributed by atoms with Gasteiger partial charge in [0.05, 0.1) is 26.4 Å². The van der Waals surface area contributed by atoms with E-state index < -0.39 is 0 Å². The SMILES string of the molecule is CN(CCCCN1C=CC(/C=C/c2ccc(N(CCO)CCO)cc2)=CC1)C(=O)CCCSSCCCC(=O)N(C)CCCC[n+]1ccc(/C=C/c2ccc(N(CCO)CCO)cc2)cc1. The lowest BCUT2D eigenvalue weighted by Gasteiger charge is -2.23. The number of amides is 2. The Hall–Kier alpha value is -4.57. The number of pyridine rings is 1. The van der Waals surface area contributed by atoms with Crippen molar-refractivity contribution in [2.45, 2.75) is 57.9 Å². The first-order valence-corrected chi connectivity index (χ1v) is 26.0. The summed E-state index contributed by atoms with van der Waals surface area (Å²) in [7, 11) is 7.40. The van der Waals surface area contributed by atoms with Crippen LogP contribution in [0.4, 0.5) is 11.4 Å². The topological polar surface area (TPSA) is 135 Å². The molecular weight excluding hydrogens is 869 g/mol. The zero-order valence-electron chi connectivity index (χ0n) is 39.3. The van der Waals surface area contributed by atoms with Crippen molar-refractivity contribution in [2.75, 3.05) is 114 Å². The summed E-state index contributed by atoms with van der Waals surface area (Å²) in [6.45, 7) is 6.40. The molecule has 0 fully saturated rings. The second-order valence-corrected chi connectivity index (χ2v) is 19.2. The fraction of sp³-hybridized carbons (Fsp3) is 0.481. The number of benzene rings is 2. The number of anilines is 2. The van der Waals surface area contributed by atoms with E-state index in [4.69, 9.17) is 0 Å². The minimum Gasteiger partial charge on any atom is -0.395 e. The lowest BCUT2D eigenvalue weighted by molar-refractivity contribution is -0.697. The fourth-order valence-corrected chi connectivity index (χ4v) is 9.56. The average Bonchev–Trinajstić information content (AvgIpc) is 3.34. The number of aliphatic hydroxyl groups excluding tert-OH is 4. The van der Waals surface area contributed by atoms with Crippen LogP contribution in [-0.2, 0) is 16.1 Å². The highest BCUT2D eigenvalue weighted by atomic mass is 33.1. The highest BCUT2D eigenvalue weighted by molar-refractivity contribution is 8.76. The predicted octanol–water partition coefficient (Wildman–Crippen LogP) is 6.61. The molecule has 2 heterocycles. The van der Waals surface area contributed by atoms with Gasteiger partial charge in [-0.3, -0.25) is 9.59 Å². The summed E-state index contributed by atoms with van der Waals surface area (Å²) < 4.78 is 2.18. The van der Waals surface area contributed by atoms with Gasteiger partial charge in [-0.25, -0.2) is 4.57 Å². The van der Waals surface area contributed by atoms with E-state index in [1.54, 1.807) is 21.6 Å². The number of aromatic nitrogens is 1. The number of aryl methyl sites for hydroxylation is 1. The minimum atomic E-state index is 0.0447. The highest BCUT2D eigenvalue weighted by Gasteiger charge is 2.12.